The molecular formula is C21H22N2O4. The summed E-state index contributed by atoms with van der Waals surface area (Å²) >= 11 is 0. The number of ketones is 1. The minimum absolute atomic E-state index is 0.0753. The number of likely N-dealkylation sites (N-methyl/N-ethyl adjacent to an activating group) is 1. The van der Waals surface area contributed by atoms with E-state index in [0.717, 1.165) is 22.0 Å². The van der Waals surface area contributed by atoms with Crippen molar-refractivity contribution in [1.29, 1.82) is 0 Å². The summed E-state index contributed by atoms with van der Waals surface area (Å²) in [6, 6.07) is 7.59. The Hall–Kier alpha value is -2.89. The Balaban J connectivity index is 2.01. The van der Waals surface area contributed by atoms with Gasteiger partial charge in [0.1, 0.15) is 0 Å². The lowest BCUT2D eigenvalue weighted by Crippen LogP contribution is -2.58. The zero-order valence-electron chi connectivity index (χ0n) is 15.7. The van der Waals surface area contributed by atoms with Crippen LogP contribution in [0.1, 0.15) is 29.4 Å². The number of allylic oxidation sites excluding steroid dienone is 1. The highest BCUT2D eigenvalue weighted by Gasteiger charge is 2.60. The maximum absolute atomic E-state index is 13.3. The molecule has 1 amide bonds. The SMILES string of the molecule is CC=C1CN(C)C(=O)[C@@]2(C(=O)OC)Cc3c([nH]c4ccccc34)C(=O)C[C@@H]12. The van der Waals surface area contributed by atoms with E-state index in [9.17, 15) is 14.4 Å². The molecule has 4 rings (SSSR count). The highest BCUT2D eigenvalue weighted by Crippen LogP contribution is 2.49. The van der Waals surface area contributed by atoms with Gasteiger partial charge in [-0.15, -0.1) is 0 Å². The molecule has 1 saturated heterocycles. The third-order valence-electron chi connectivity index (χ3n) is 6.05. The van der Waals surface area contributed by atoms with Gasteiger partial charge in [-0.05, 0) is 24.1 Å². The van der Waals surface area contributed by atoms with Crippen molar-refractivity contribution in [2.24, 2.45) is 11.3 Å². The predicted octanol–water partition coefficient (Wildman–Crippen LogP) is 2.49. The number of H-pyrrole nitrogens is 1. The van der Waals surface area contributed by atoms with E-state index in [1.165, 1.54) is 7.11 Å². The van der Waals surface area contributed by atoms with Crippen LogP contribution in [-0.2, 0) is 20.7 Å². The quantitative estimate of drug-likeness (QED) is 0.478. The molecular weight excluding hydrogens is 344 g/mol. The number of hydrogen-bond acceptors (Lipinski definition) is 4. The second-order valence-corrected chi connectivity index (χ2v) is 7.37. The maximum Gasteiger partial charge on any atom is 0.322 e. The number of nitrogens with one attached hydrogen (secondary N) is 1. The zero-order chi connectivity index (χ0) is 19.3. The first-order chi connectivity index (χ1) is 12.9. The van der Waals surface area contributed by atoms with Gasteiger partial charge >= 0.3 is 5.97 Å². The van der Waals surface area contributed by atoms with Crippen molar-refractivity contribution in [3.05, 3.63) is 47.2 Å². The first-order valence-corrected chi connectivity index (χ1v) is 9.05. The number of piperidine rings is 1. The van der Waals surface area contributed by atoms with Crippen molar-refractivity contribution < 1.29 is 19.1 Å². The number of amides is 1. The zero-order valence-corrected chi connectivity index (χ0v) is 15.7. The lowest BCUT2D eigenvalue weighted by Gasteiger charge is -2.44. The van der Waals surface area contributed by atoms with Gasteiger partial charge in [-0.2, -0.15) is 0 Å². The van der Waals surface area contributed by atoms with E-state index in [4.69, 9.17) is 4.74 Å². The number of aromatic amines is 1. The van der Waals surface area contributed by atoms with Crippen molar-refractivity contribution in [1.82, 2.24) is 9.88 Å². The van der Waals surface area contributed by atoms with Crippen molar-refractivity contribution in [3.63, 3.8) is 0 Å². The van der Waals surface area contributed by atoms with Gasteiger partial charge in [0.25, 0.3) is 0 Å². The van der Waals surface area contributed by atoms with E-state index in [1.54, 1.807) is 11.9 Å². The normalized spacial score (nSPS) is 26.7. The van der Waals surface area contributed by atoms with Crippen LogP contribution in [0, 0.1) is 11.3 Å². The second-order valence-electron chi connectivity index (χ2n) is 7.37. The van der Waals surface area contributed by atoms with Crippen molar-refractivity contribution in [2.75, 3.05) is 20.7 Å². The predicted molar refractivity (Wildman–Crippen MR) is 100 cm³/mol. The molecule has 6 heteroatoms. The molecule has 1 fully saturated rings. The molecule has 1 aromatic carbocycles. The molecule has 1 aromatic heterocycles. The van der Waals surface area contributed by atoms with Gasteiger partial charge in [0.2, 0.25) is 5.91 Å². The number of rotatable bonds is 1. The van der Waals surface area contributed by atoms with Crippen LogP contribution in [0.5, 0.6) is 0 Å². The minimum atomic E-state index is -1.42. The fourth-order valence-corrected chi connectivity index (χ4v) is 4.73. The number of likely N-dealkylation sites (tertiary alicyclic amines) is 1. The smallest absolute Gasteiger partial charge is 0.322 e. The van der Waals surface area contributed by atoms with Crippen LogP contribution in [0.4, 0.5) is 0 Å². The lowest BCUT2D eigenvalue weighted by atomic mass is 9.64. The fraction of sp³-hybridized carbons (Fsp3) is 0.381. The van der Waals surface area contributed by atoms with Crippen LogP contribution in [0.15, 0.2) is 35.9 Å². The number of hydrogen-bond donors (Lipinski definition) is 1. The summed E-state index contributed by atoms with van der Waals surface area (Å²) in [6.45, 7) is 2.30. The molecule has 0 radical (unpaired) electrons. The highest BCUT2D eigenvalue weighted by atomic mass is 16.5. The Morgan fingerprint density at radius 1 is 1.33 bits per heavy atom. The maximum atomic E-state index is 13.3. The third-order valence-corrected chi connectivity index (χ3v) is 6.05. The summed E-state index contributed by atoms with van der Waals surface area (Å²) < 4.78 is 5.12. The number of benzene rings is 1. The Morgan fingerprint density at radius 3 is 2.78 bits per heavy atom. The summed E-state index contributed by atoms with van der Waals surface area (Å²) in [5.41, 5.74) is 1.56. The molecule has 0 spiro atoms. The molecule has 27 heavy (non-hydrogen) atoms. The largest absolute Gasteiger partial charge is 0.468 e. The molecule has 2 atom stereocenters. The van der Waals surface area contributed by atoms with Crippen molar-refractivity contribution >= 4 is 28.6 Å². The number of ether oxygens (including phenoxy) is 1. The molecule has 1 aliphatic carbocycles. The molecule has 0 bridgehead atoms. The number of para-hydroxylation sites is 1. The van der Waals surface area contributed by atoms with Crippen LogP contribution < -0.4 is 0 Å². The molecule has 1 aliphatic heterocycles. The molecule has 1 N–H and O–H groups in total. The fourth-order valence-electron chi connectivity index (χ4n) is 4.73. The number of aromatic nitrogens is 1. The summed E-state index contributed by atoms with van der Waals surface area (Å²) in [5, 5.41) is 0.868. The van der Waals surface area contributed by atoms with E-state index in [1.807, 2.05) is 37.3 Å². The Bertz CT molecular complexity index is 1000. The highest BCUT2D eigenvalue weighted by molar-refractivity contribution is 6.10. The monoisotopic (exact) mass is 366 g/mol. The first kappa shape index (κ1) is 17.5. The molecule has 0 saturated carbocycles. The number of fused-ring (bicyclic) bond motifs is 4. The van der Waals surface area contributed by atoms with Gasteiger partial charge in [0, 0.05) is 43.3 Å². The van der Waals surface area contributed by atoms with Gasteiger partial charge in [-0.3, -0.25) is 14.4 Å². The van der Waals surface area contributed by atoms with Gasteiger partial charge in [0.15, 0.2) is 11.2 Å². The first-order valence-electron chi connectivity index (χ1n) is 9.05. The number of carbonyl (C=O) groups excluding carboxylic acids is 3. The molecule has 6 nitrogen and oxygen atoms in total. The van der Waals surface area contributed by atoms with Gasteiger partial charge < -0.3 is 14.6 Å². The lowest BCUT2D eigenvalue weighted by molar-refractivity contribution is -0.168. The summed E-state index contributed by atoms with van der Waals surface area (Å²) in [4.78, 5) is 44.3. The molecule has 2 heterocycles. The number of carbonyl (C=O) groups is 3. The topological polar surface area (TPSA) is 79.5 Å². The Labute approximate surface area is 157 Å². The molecule has 2 aliphatic rings. The van der Waals surface area contributed by atoms with Crippen LogP contribution >= 0.6 is 0 Å². The van der Waals surface area contributed by atoms with E-state index in [0.29, 0.717) is 12.2 Å². The van der Waals surface area contributed by atoms with Gasteiger partial charge in [-0.1, -0.05) is 24.3 Å². The number of methoxy groups -OCH3 is 1. The minimum Gasteiger partial charge on any atom is -0.468 e. The molecule has 140 valence electrons. The van der Waals surface area contributed by atoms with Crippen LogP contribution in [0.3, 0.4) is 0 Å². The van der Waals surface area contributed by atoms with E-state index < -0.39 is 17.3 Å². The van der Waals surface area contributed by atoms with E-state index in [-0.39, 0.29) is 24.5 Å². The Kier molecular flexibility index (Phi) is 3.94. The average Bonchev–Trinajstić information content (AvgIpc) is 2.98. The average molecular weight is 366 g/mol. The van der Waals surface area contributed by atoms with E-state index in [2.05, 4.69) is 4.98 Å². The van der Waals surface area contributed by atoms with Crippen LogP contribution in [-0.4, -0.2) is 48.2 Å². The third kappa shape index (κ3) is 2.29. The summed E-state index contributed by atoms with van der Waals surface area (Å²) in [5.74, 6) is -1.43. The number of Topliss-reactive ketones (excluding diaryl/α,β-unsaturated/α-hetero) is 1. The Morgan fingerprint density at radius 2 is 2.07 bits per heavy atom. The number of esters is 1. The van der Waals surface area contributed by atoms with Crippen LogP contribution in [0.25, 0.3) is 10.9 Å². The van der Waals surface area contributed by atoms with Gasteiger partial charge in [0.05, 0.1) is 12.8 Å². The van der Waals surface area contributed by atoms with Gasteiger partial charge in [-0.25, -0.2) is 0 Å². The van der Waals surface area contributed by atoms with Crippen LogP contribution in [0.2, 0.25) is 0 Å². The number of nitrogens with zero attached hydrogens (tertiary/aromatic N) is 1. The summed E-state index contributed by atoms with van der Waals surface area (Å²) in [7, 11) is 2.99. The van der Waals surface area contributed by atoms with E-state index >= 15 is 0 Å². The second kappa shape index (κ2) is 6.08. The van der Waals surface area contributed by atoms with Crippen molar-refractivity contribution in [3.8, 4) is 0 Å². The molecule has 0 unspecified atom stereocenters. The van der Waals surface area contributed by atoms with Crippen molar-refractivity contribution in [2.45, 2.75) is 19.8 Å². The standard InChI is InChI=1S/C21H22N2O4/c1-4-12-11-23(2)19(25)21(20(26)27-3)10-14-13-7-5-6-8-16(13)22-18(14)17(24)9-15(12)21/h4-8,15,22H,9-11H2,1-3H3/t15-,21+/m0/s1. The molecule has 2 aromatic rings. The summed E-state index contributed by atoms with van der Waals surface area (Å²) in [6.07, 6.45) is 2.17.